The zero-order valence-electron chi connectivity index (χ0n) is 5.77. The van der Waals surface area contributed by atoms with Crippen LogP contribution in [0.3, 0.4) is 0 Å². The summed E-state index contributed by atoms with van der Waals surface area (Å²) in [5.74, 6) is -1.05. The molecule has 1 heterocycles. The van der Waals surface area contributed by atoms with Gasteiger partial charge in [0.1, 0.15) is 6.04 Å². The van der Waals surface area contributed by atoms with Gasteiger partial charge in [-0.1, -0.05) is 0 Å². The third kappa shape index (κ3) is 1.41. The predicted molar refractivity (Wildman–Crippen MR) is 34.4 cm³/mol. The first-order valence-electron chi connectivity index (χ1n) is 3.22. The van der Waals surface area contributed by atoms with Crippen molar-refractivity contribution in [2.24, 2.45) is 0 Å². The fourth-order valence-corrected chi connectivity index (χ4v) is 1.16. The molecule has 2 N–H and O–H groups in total. The molecular formula is C6H8N2O3. The van der Waals surface area contributed by atoms with Crippen molar-refractivity contribution in [3.8, 4) is 6.19 Å². The minimum Gasteiger partial charge on any atom is -0.480 e. The maximum atomic E-state index is 10.4. The van der Waals surface area contributed by atoms with Gasteiger partial charge in [0.25, 0.3) is 0 Å². The van der Waals surface area contributed by atoms with E-state index in [0.29, 0.717) is 0 Å². The van der Waals surface area contributed by atoms with E-state index >= 15 is 0 Å². The lowest BCUT2D eigenvalue weighted by atomic mass is 10.2. The number of aliphatic hydroxyl groups is 1. The monoisotopic (exact) mass is 156 g/mol. The number of aliphatic carboxylic acids is 1. The number of carbonyl (C=O) groups is 1. The van der Waals surface area contributed by atoms with Crippen molar-refractivity contribution < 1.29 is 15.0 Å². The molecule has 1 aliphatic heterocycles. The first-order chi connectivity index (χ1) is 5.15. The van der Waals surface area contributed by atoms with Crippen LogP contribution in [0.2, 0.25) is 0 Å². The molecule has 0 aromatic carbocycles. The molecule has 0 aromatic heterocycles. The molecule has 1 fully saturated rings. The summed E-state index contributed by atoms with van der Waals surface area (Å²) in [6.45, 7) is 0.132. The number of carboxylic acids is 1. The van der Waals surface area contributed by atoms with Gasteiger partial charge in [0, 0.05) is 6.42 Å². The van der Waals surface area contributed by atoms with E-state index in [1.807, 2.05) is 0 Å². The number of likely N-dealkylation sites (tertiary alicyclic amines) is 1. The van der Waals surface area contributed by atoms with E-state index in [1.54, 1.807) is 6.19 Å². The van der Waals surface area contributed by atoms with E-state index in [0.717, 1.165) is 4.90 Å². The van der Waals surface area contributed by atoms with Crippen molar-refractivity contribution in [2.75, 3.05) is 6.54 Å². The maximum Gasteiger partial charge on any atom is 0.327 e. The Morgan fingerprint density at radius 1 is 1.73 bits per heavy atom. The third-order valence-corrected chi connectivity index (χ3v) is 1.69. The zero-order chi connectivity index (χ0) is 8.43. The highest BCUT2D eigenvalue weighted by atomic mass is 16.4. The number of nitriles is 1. The summed E-state index contributed by atoms with van der Waals surface area (Å²) >= 11 is 0. The summed E-state index contributed by atoms with van der Waals surface area (Å²) in [4.78, 5) is 11.5. The fourth-order valence-electron chi connectivity index (χ4n) is 1.16. The van der Waals surface area contributed by atoms with Gasteiger partial charge >= 0.3 is 5.97 Å². The number of hydrogen-bond donors (Lipinski definition) is 2. The van der Waals surface area contributed by atoms with Crippen LogP contribution in [0.1, 0.15) is 6.42 Å². The molecule has 0 aromatic rings. The van der Waals surface area contributed by atoms with Crippen LogP contribution in [0, 0.1) is 11.5 Å². The molecule has 1 saturated heterocycles. The van der Waals surface area contributed by atoms with E-state index in [4.69, 9.17) is 15.5 Å². The maximum absolute atomic E-state index is 10.4. The molecule has 0 aliphatic carbocycles. The summed E-state index contributed by atoms with van der Waals surface area (Å²) in [5, 5.41) is 25.9. The van der Waals surface area contributed by atoms with Gasteiger partial charge in [0.2, 0.25) is 0 Å². The summed E-state index contributed by atoms with van der Waals surface area (Å²) < 4.78 is 0. The van der Waals surface area contributed by atoms with E-state index in [1.165, 1.54) is 0 Å². The van der Waals surface area contributed by atoms with Gasteiger partial charge < -0.3 is 10.2 Å². The van der Waals surface area contributed by atoms with Crippen LogP contribution in [0.25, 0.3) is 0 Å². The lowest BCUT2D eigenvalue weighted by Crippen LogP contribution is -2.31. The SMILES string of the molecule is N#CN1CC(O)C[C@H]1C(=O)O. The average molecular weight is 156 g/mol. The van der Waals surface area contributed by atoms with E-state index in [-0.39, 0.29) is 13.0 Å². The molecule has 1 unspecified atom stereocenters. The highest BCUT2D eigenvalue weighted by Gasteiger charge is 2.35. The molecule has 1 rings (SSSR count). The highest BCUT2D eigenvalue weighted by Crippen LogP contribution is 2.16. The average Bonchev–Trinajstić information content (AvgIpc) is 2.30. The summed E-state index contributed by atoms with van der Waals surface area (Å²) in [6.07, 6.45) is 1.18. The topological polar surface area (TPSA) is 84.6 Å². The number of rotatable bonds is 1. The molecule has 0 amide bonds. The Morgan fingerprint density at radius 2 is 2.36 bits per heavy atom. The number of aliphatic hydroxyl groups excluding tert-OH is 1. The fraction of sp³-hybridized carbons (Fsp3) is 0.667. The van der Waals surface area contributed by atoms with Gasteiger partial charge in [-0.25, -0.2) is 4.79 Å². The minimum absolute atomic E-state index is 0.132. The second-order valence-corrected chi connectivity index (χ2v) is 2.50. The van der Waals surface area contributed by atoms with Crippen LogP contribution in [-0.2, 0) is 4.79 Å². The Bertz CT molecular complexity index is 210. The molecule has 5 heteroatoms. The van der Waals surface area contributed by atoms with E-state index in [2.05, 4.69) is 0 Å². The smallest absolute Gasteiger partial charge is 0.327 e. The molecule has 1 aliphatic rings. The molecular weight excluding hydrogens is 148 g/mol. The largest absolute Gasteiger partial charge is 0.480 e. The molecule has 0 radical (unpaired) electrons. The van der Waals surface area contributed by atoms with Crippen molar-refractivity contribution >= 4 is 5.97 Å². The van der Waals surface area contributed by atoms with Gasteiger partial charge in [0.05, 0.1) is 12.6 Å². The standard InChI is InChI=1S/C6H8N2O3/c7-3-8-2-4(9)1-5(8)6(10)11/h4-5,9H,1-2H2,(H,10,11)/t4?,5-/m0/s1. The number of nitrogens with zero attached hydrogens (tertiary/aromatic N) is 2. The molecule has 0 bridgehead atoms. The highest BCUT2D eigenvalue weighted by molar-refractivity contribution is 5.74. The second-order valence-electron chi connectivity index (χ2n) is 2.50. The Hall–Kier alpha value is -1.28. The summed E-state index contributed by atoms with van der Waals surface area (Å²) in [7, 11) is 0. The van der Waals surface area contributed by atoms with Crippen molar-refractivity contribution in [1.82, 2.24) is 4.90 Å². The first kappa shape index (κ1) is 7.82. The van der Waals surface area contributed by atoms with Crippen LogP contribution < -0.4 is 0 Å². The van der Waals surface area contributed by atoms with Crippen molar-refractivity contribution in [2.45, 2.75) is 18.6 Å². The van der Waals surface area contributed by atoms with E-state index < -0.39 is 18.1 Å². The van der Waals surface area contributed by atoms with Crippen molar-refractivity contribution in [1.29, 1.82) is 5.26 Å². The van der Waals surface area contributed by atoms with Gasteiger partial charge in [-0.15, -0.1) is 0 Å². The van der Waals surface area contributed by atoms with Crippen LogP contribution in [0.15, 0.2) is 0 Å². The molecule has 0 saturated carbocycles. The first-order valence-corrected chi connectivity index (χ1v) is 3.22. The predicted octanol–water partition coefficient (Wildman–Crippen LogP) is -1.01. The van der Waals surface area contributed by atoms with Crippen molar-refractivity contribution in [3.63, 3.8) is 0 Å². The van der Waals surface area contributed by atoms with Crippen LogP contribution in [0.4, 0.5) is 0 Å². The van der Waals surface area contributed by atoms with Gasteiger partial charge in [-0.3, -0.25) is 4.90 Å². The summed E-state index contributed by atoms with van der Waals surface area (Å²) in [5.41, 5.74) is 0. The Balaban J connectivity index is 2.67. The molecule has 2 atom stereocenters. The molecule has 5 nitrogen and oxygen atoms in total. The van der Waals surface area contributed by atoms with Crippen LogP contribution in [0.5, 0.6) is 0 Å². The minimum atomic E-state index is -1.05. The van der Waals surface area contributed by atoms with Crippen molar-refractivity contribution in [3.05, 3.63) is 0 Å². The van der Waals surface area contributed by atoms with Crippen LogP contribution >= 0.6 is 0 Å². The zero-order valence-corrected chi connectivity index (χ0v) is 5.77. The number of hydrogen-bond acceptors (Lipinski definition) is 4. The van der Waals surface area contributed by atoms with Gasteiger partial charge in [0.15, 0.2) is 6.19 Å². The number of β-amino-alcohol motifs (C(OH)–C–C–N with tert-alkyl or cyclic N) is 1. The lowest BCUT2D eigenvalue weighted by Gasteiger charge is -2.11. The quantitative estimate of drug-likeness (QED) is 0.475. The Morgan fingerprint density at radius 3 is 2.73 bits per heavy atom. The Labute approximate surface area is 63.5 Å². The van der Waals surface area contributed by atoms with E-state index in [9.17, 15) is 4.79 Å². The molecule has 0 spiro atoms. The Kier molecular flexibility index (Phi) is 1.96. The lowest BCUT2D eigenvalue weighted by molar-refractivity contribution is -0.141. The second kappa shape index (κ2) is 2.76. The third-order valence-electron chi connectivity index (χ3n) is 1.69. The summed E-state index contributed by atoms with van der Waals surface area (Å²) in [6, 6.07) is -0.838. The van der Waals surface area contributed by atoms with Gasteiger partial charge in [-0.05, 0) is 0 Å². The molecule has 60 valence electrons. The van der Waals surface area contributed by atoms with Gasteiger partial charge in [-0.2, -0.15) is 5.26 Å². The number of carboxylic acid groups (broad SMARTS) is 1. The van der Waals surface area contributed by atoms with Crippen LogP contribution in [-0.4, -0.2) is 39.8 Å². The normalized spacial score (nSPS) is 30.0. The molecule has 11 heavy (non-hydrogen) atoms.